The molecule has 3 aromatic carbocycles. The number of carbonyl (C=O) groups excluding carboxylic acids is 1. The average Bonchev–Trinajstić information content (AvgIpc) is 2.73. The molecule has 3 aromatic rings. The summed E-state index contributed by atoms with van der Waals surface area (Å²) in [6.07, 6.45) is 2.06. The zero-order valence-electron chi connectivity index (χ0n) is 15.6. The van der Waals surface area contributed by atoms with E-state index in [1.54, 1.807) is 0 Å². The number of nitrogens with zero attached hydrogens (tertiary/aromatic N) is 1. The number of hydrogen-bond acceptors (Lipinski definition) is 2. The first-order chi connectivity index (χ1) is 13.3. The van der Waals surface area contributed by atoms with Gasteiger partial charge in [-0.2, -0.15) is 0 Å². The number of amides is 1. The van der Waals surface area contributed by atoms with Crippen molar-refractivity contribution in [2.24, 2.45) is 5.92 Å². The second-order valence-electron chi connectivity index (χ2n) is 7.42. The van der Waals surface area contributed by atoms with Gasteiger partial charge in [-0.25, -0.2) is 0 Å². The van der Waals surface area contributed by atoms with Crippen LogP contribution in [0.5, 0.6) is 0 Å². The lowest BCUT2D eigenvalue weighted by Crippen LogP contribution is -2.42. The smallest absolute Gasteiger partial charge is 0.224 e. The van der Waals surface area contributed by atoms with E-state index >= 15 is 0 Å². The molecule has 1 fully saturated rings. The zero-order chi connectivity index (χ0) is 18.5. The van der Waals surface area contributed by atoms with E-state index in [-0.39, 0.29) is 11.8 Å². The summed E-state index contributed by atoms with van der Waals surface area (Å²) in [5.74, 6) is 0.262. The molecule has 1 aliphatic heterocycles. The molecule has 3 heteroatoms. The zero-order valence-corrected chi connectivity index (χ0v) is 15.6. The summed E-state index contributed by atoms with van der Waals surface area (Å²) in [6.45, 7) is 3.43. The second-order valence-corrected chi connectivity index (χ2v) is 7.42. The van der Waals surface area contributed by atoms with Gasteiger partial charge < -0.3 is 5.32 Å². The molecule has 1 atom stereocenters. The van der Waals surface area contributed by atoms with Crippen LogP contribution in [-0.2, 0) is 17.9 Å². The Hall–Kier alpha value is -2.65. The number of fused-ring (bicyclic) bond motifs is 1. The molecular formula is C24H26N2O. The maximum atomic E-state index is 12.8. The normalized spacial score (nSPS) is 17.7. The Morgan fingerprint density at radius 1 is 0.963 bits per heavy atom. The van der Waals surface area contributed by atoms with Gasteiger partial charge in [-0.05, 0) is 41.3 Å². The van der Waals surface area contributed by atoms with Crippen molar-refractivity contribution < 1.29 is 4.79 Å². The maximum absolute atomic E-state index is 12.8. The first-order valence-electron chi connectivity index (χ1n) is 9.80. The van der Waals surface area contributed by atoms with Crippen LogP contribution in [0.2, 0.25) is 0 Å². The molecule has 4 rings (SSSR count). The molecule has 1 amide bonds. The average molecular weight is 358 g/mol. The van der Waals surface area contributed by atoms with Crippen molar-refractivity contribution in [1.29, 1.82) is 0 Å². The molecule has 1 heterocycles. The van der Waals surface area contributed by atoms with E-state index < -0.39 is 0 Å². The predicted molar refractivity (Wildman–Crippen MR) is 110 cm³/mol. The van der Waals surface area contributed by atoms with Crippen molar-refractivity contribution in [2.45, 2.75) is 25.9 Å². The van der Waals surface area contributed by atoms with Gasteiger partial charge >= 0.3 is 0 Å². The lowest BCUT2D eigenvalue weighted by molar-refractivity contribution is -0.126. The molecule has 0 saturated carbocycles. The molecule has 3 nitrogen and oxygen atoms in total. The summed E-state index contributed by atoms with van der Waals surface area (Å²) < 4.78 is 0. The Balaban J connectivity index is 1.36. The van der Waals surface area contributed by atoms with Gasteiger partial charge in [0.1, 0.15) is 0 Å². The Bertz CT molecular complexity index is 901. The molecule has 0 aromatic heterocycles. The van der Waals surface area contributed by atoms with Crippen LogP contribution in [-0.4, -0.2) is 23.9 Å². The number of piperidine rings is 1. The first kappa shape index (κ1) is 17.7. The van der Waals surface area contributed by atoms with Crippen molar-refractivity contribution in [3.05, 3.63) is 83.9 Å². The van der Waals surface area contributed by atoms with Crippen LogP contribution < -0.4 is 5.32 Å². The van der Waals surface area contributed by atoms with E-state index in [9.17, 15) is 4.79 Å². The summed E-state index contributed by atoms with van der Waals surface area (Å²) in [5, 5.41) is 5.62. The highest BCUT2D eigenvalue weighted by molar-refractivity contribution is 5.86. The number of hydrogen-bond donors (Lipinski definition) is 1. The van der Waals surface area contributed by atoms with E-state index in [0.717, 1.165) is 32.5 Å². The molecule has 1 N–H and O–H groups in total. The van der Waals surface area contributed by atoms with Crippen molar-refractivity contribution in [2.75, 3.05) is 13.1 Å². The Morgan fingerprint density at radius 3 is 2.63 bits per heavy atom. The summed E-state index contributed by atoms with van der Waals surface area (Å²) in [6, 6.07) is 25.1. The monoisotopic (exact) mass is 358 g/mol. The van der Waals surface area contributed by atoms with E-state index in [1.807, 2.05) is 12.1 Å². The summed E-state index contributed by atoms with van der Waals surface area (Å²) >= 11 is 0. The van der Waals surface area contributed by atoms with Gasteiger partial charge in [0.25, 0.3) is 0 Å². The fourth-order valence-electron chi connectivity index (χ4n) is 4.03. The quantitative estimate of drug-likeness (QED) is 0.735. The number of carbonyl (C=O) groups is 1. The third-order valence-corrected chi connectivity index (χ3v) is 5.46. The third kappa shape index (κ3) is 4.37. The highest BCUT2D eigenvalue weighted by Crippen LogP contribution is 2.21. The van der Waals surface area contributed by atoms with Gasteiger partial charge in [-0.1, -0.05) is 72.8 Å². The maximum Gasteiger partial charge on any atom is 0.224 e. The third-order valence-electron chi connectivity index (χ3n) is 5.46. The van der Waals surface area contributed by atoms with Crippen molar-refractivity contribution >= 4 is 16.7 Å². The molecule has 0 bridgehead atoms. The minimum Gasteiger partial charge on any atom is -0.352 e. The van der Waals surface area contributed by atoms with Gasteiger partial charge in [0, 0.05) is 19.6 Å². The fourth-order valence-corrected chi connectivity index (χ4v) is 4.03. The molecule has 138 valence electrons. The van der Waals surface area contributed by atoms with Crippen LogP contribution in [0.3, 0.4) is 0 Å². The van der Waals surface area contributed by atoms with Crippen LogP contribution >= 0.6 is 0 Å². The molecule has 0 spiro atoms. The highest BCUT2D eigenvalue weighted by atomic mass is 16.1. The Morgan fingerprint density at radius 2 is 1.74 bits per heavy atom. The summed E-state index contributed by atoms with van der Waals surface area (Å²) in [4.78, 5) is 15.2. The van der Waals surface area contributed by atoms with E-state index in [4.69, 9.17) is 0 Å². The standard InChI is InChI=1S/C24H26N2O/c27-24(25-16-21-12-6-11-20-10-4-5-14-23(20)21)22-13-7-15-26(18-22)17-19-8-2-1-3-9-19/h1-6,8-12,14,22H,7,13,15-18H2,(H,25,27)/t22-/m1/s1. The van der Waals surface area contributed by atoms with E-state index in [2.05, 4.69) is 70.9 Å². The number of benzene rings is 3. The lowest BCUT2D eigenvalue weighted by Gasteiger charge is -2.32. The summed E-state index contributed by atoms with van der Waals surface area (Å²) in [5.41, 5.74) is 2.49. The van der Waals surface area contributed by atoms with Crippen LogP contribution in [0, 0.1) is 5.92 Å². The van der Waals surface area contributed by atoms with Gasteiger partial charge in [-0.3, -0.25) is 9.69 Å². The summed E-state index contributed by atoms with van der Waals surface area (Å²) in [7, 11) is 0. The number of nitrogens with one attached hydrogen (secondary N) is 1. The molecule has 0 radical (unpaired) electrons. The molecule has 27 heavy (non-hydrogen) atoms. The lowest BCUT2D eigenvalue weighted by atomic mass is 9.96. The van der Waals surface area contributed by atoms with E-state index in [0.29, 0.717) is 6.54 Å². The van der Waals surface area contributed by atoms with Gasteiger partial charge in [0.2, 0.25) is 5.91 Å². The molecule has 0 aliphatic carbocycles. The predicted octanol–water partition coefficient (Wildman–Crippen LogP) is 4.37. The second kappa shape index (κ2) is 8.36. The highest BCUT2D eigenvalue weighted by Gasteiger charge is 2.25. The van der Waals surface area contributed by atoms with Crippen LogP contribution in [0.25, 0.3) is 10.8 Å². The minimum atomic E-state index is 0.0810. The first-order valence-corrected chi connectivity index (χ1v) is 9.80. The van der Waals surface area contributed by atoms with Gasteiger partial charge in [-0.15, -0.1) is 0 Å². The van der Waals surface area contributed by atoms with E-state index in [1.165, 1.54) is 21.9 Å². The molecule has 0 unspecified atom stereocenters. The molecular weight excluding hydrogens is 332 g/mol. The van der Waals surface area contributed by atoms with Gasteiger partial charge in [0.15, 0.2) is 0 Å². The van der Waals surface area contributed by atoms with Crippen LogP contribution in [0.1, 0.15) is 24.0 Å². The Kier molecular flexibility index (Phi) is 5.50. The molecule has 1 saturated heterocycles. The van der Waals surface area contributed by atoms with Crippen molar-refractivity contribution in [3.63, 3.8) is 0 Å². The van der Waals surface area contributed by atoms with Crippen molar-refractivity contribution in [3.8, 4) is 0 Å². The van der Waals surface area contributed by atoms with Crippen LogP contribution in [0.15, 0.2) is 72.8 Å². The largest absolute Gasteiger partial charge is 0.352 e. The minimum absolute atomic E-state index is 0.0810. The molecule has 1 aliphatic rings. The number of likely N-dealkylation sites (tertiary alicyclic amines) is 1. The van der Waals surface area contributed by atoms with Gasteiger partial charge in [0.05, 0.1) is 5.92 Å². The SMILES string of the molecule is O=C(NCc1cccc2ccccc12)[C@@H]1CCCN(Cc2ccccc2)C1. The van der Waals surface area contributed by atoms with Crippen LogP contribution in [0.4, 0.5) is 0 Å². The fraction of sp³-hybridized carbons (Fsp3) is 0.292. The van der Waals surface area contributed by atoms with Crippen molar-refractivity contribution in [1.82, 2.24) is 10.2 Å². The topological polar surface area (TPSA) is 32.3 Å². The Labute approximate surface area is 161 Å². The number of rotatable bonds is 5.